The third-order valence-electron chi connectivity index (χ3n) is 3.22. The second kappa shape index (κ2) is 6.96. The number of ether oxygens (including phenoxy) is 3. The summed E-state index contributed by atoms with van der Waals surface area (Å²) in [5, 5.41) is 19.3. The van der Waals surface area contributed by atoms with E-state index in [9.17, 15) is 15.0 Å². The van der Waals surface area contributed by atoms with Crippen LogP contribution in [0.3, 0.4) is 0 Å². The van der Waals surface area contributed by atoms with Crippen LogP contribution < -0.4 is 11.4 Å². The van der Waals surface area contributed by atoms with E-state index >= 15 is 0 Å². The van der Waals surface area contributed by atoms with Gasteiger partial charge in [-0.15, -0.1) is 0 Å². The first kappa shape index (κ1) is 15.9. The molecule has 4 atom stereocenters. The Morgan fingerprint density at radius 2 is 2.29 bits per heavy atom. The van der Waals surface area contributed by atoms with E-state index in [1.54, 1.807) is 0 Å². The van der Waals surface area contributed by atoms with Gasteiger partial charge in [-0.1, -0.05) is 0 Å². The van der Waals surface area contributed by atoms with Gasteiger partial charge in [0.05, 0.1) is 19.8 Å². The number of nitrogens with zero attached hydrogens (tertiary/aromatic N) is 2. The number of aliphatic hydroxyl groups is 2. The number of hydrogen-bond acceptors (Lipinski definition) is 8. The number of rotatable bonds is 6. The predicted molar refractivity (Wildman–Crippen MR) is 71.5 cm³/mol. The standard InChI is InChI=1S/C12H19N3O6/c1-19-4-5-20-10-9(17)7(6-16)21-11(10)15-3-2-8(13)14-12(15)18/h2-3,7,9-11,16-17H,4-6H2,1H3,(H2,13,14,18)/t7-,9-,10+,11+/m0/s1. The third kappa shape index (κ3) is 3.39. The third-order valence-corrected chi connectivity index (χ3v) is 3.22. The molecule has 0 bridgehead atoms. The summed E-state index contributed by atoms with van der Waals surface area (Å²) in [6, 6.07) is 1.44. The predicted octanol–water partition coefficient (Wildman–Crippen LogP) is -1.89. The highest BCUT2D eigenvalue weighted by molar-refractivity contribution is 5.23. The number of anilines is 1. The second-order valence-corrected chi connectivity index (χ2v) is 4.61. The van der Waals surface area contributed by atoms with Crippen molar-refractivity contribution in [2.75, 3.05) is 32.7 Å². The Morgan fingerprint density at radius 1 is 1.52 bits per heavy atom. The van der Waals surface area contributed by atoms with Gasteiger partial charge in [-0.25, -0.2) is 4.79 Å². The van der Waals surface area contributed by atoms with Crippen LogP contribution in [0, 0.1) is 0 Å². The highest BCUT2D eigenvalue weighted by Crippen LogP contribution is 2.30. The van der Waals surface area contributed by atoms with E-state index in [0.29, 0.717) is 6.61 Å². The summed E-state index contributed by atoms with van der Waals surface area (Å²) >= 11 is 0. The summed E-state index contributed by atoms with van der Waals surface area (Å²) in [6.07, 6.45) is -2.21. The summed E-state index contributed by atoms with van der Waals surface area (Å²) in [5.74, 6) is 0.0883. The molecule has 0 saturated carbocycles. The van der Waals surface area contributed by atoms with Crippen molar-refractivity contribution in [3.8, 4) is 0 Å². The Hall–Kier alpha value is -1.52. The van der Waals surface area contributed by atoms with Crippen molar-refractivity contribution in [3.63, 3.8) is 0 Å². The zero-order valence-corrected chi connectivity index (χ0v) is 11.6. The fourth-order valence-electron chi connectivity index (χ4n) is 2.16. The Labute approximate surface area is 120 Å². The molecule has 9 nitrogen and oxygen atoms in total. The Balaban J connectivity index is 2.23. The van der Waals surface area contributed by atoms with Gasteiger partial charge >= 0.3 is 5.69 Å². The van der Waals surface area contributed by atoms with Crippen LogP contribution in [0.25, 0.3) is 0 Å². The van der Waals surface area contributed by atoms with Crippen LogP contribution in [0.4, 0.5) is 5.82 Å². The smallest absolute Gasteiger partial charge is 0.351 e. The molecule has 0 aliphatic carbocycles. The minimum Gasteiger partial charge on any atom is -0.394 e. The summed E-state index contributed by atoms with van der Waals surface area (Å²) in [7, 11) is 1.52. The molecule has 1 aromatic rings. The number of nitrogen functional groups attached to an aromatic ring is 1. The van der Waals surface area contributed by atoms with Gasteiger partial charge in [0.1, 0.15) is 24.1 Å². The maximum Gasteiger partial charge on any atom is 0.351 e. The van der Waals surface area contributed by atoms with Crippen LogP contribution in [0.5, 0.6) is 0 Å². The van der Waals surface area contributed by atoms with Crippen molar-refractivity contribution in [2.24, 2.45) is 0 Å². The zero-order chi connectivity index (χ0) is 15.4. The van der Waals surface area contributed by atoms with Crippen LogP contribution >= 0.6 is 0 Å². The van der Waals surface area contributed by atoms with Crippen molar-refractivity contribution in [2.45, 2.75) is 24.5 Å². The zero-order valence-electron chi connectivity index (χ0n) is 11.6. The molecule has 1 aromatic heterocycles. The van der Waals surface area contributed by atoms with Gasteiger partial charge in [-0.2, -0.15) is 4.98 Å². The van der Waals surface area contributed by atoms with Crippen LogP contribution in [0.15, 0.2) is 17.1 Å². The number of aromatic nitrogens is 2. The molecule has 0 unspecified atom stereocenters. The lowest BCUT2D eigenvalue weighted by atomic mass is 10.1. The van der Waals surface area contributed by atoms with Crippen molar-refractivity contribution in [1.82, 2.24) is 9.55 Å². The molecule has 1 aliphatic rings. The van der Waals surface area contributed by atoms with E-state index in [2.05, 4.69) is 4.98 Å². The Bertz CT molecular complexity index is 522. The van der Waals surface area contributed by atoms with Gasteiger partial charge in [0.25, 0.3) is 0 Å². The van der Waals surface area contributed by atoms with Crippen molar-refractivity contribution < 1.29 is 24.4 Å². The Kier molecular flexibility index (Phi) is 5.26. The van der Waals surface area contributed by atoms with Gasteiger partial charge in [-0.3, -0.25) is 4.57 Å². The van der Waals surface area contributed by atoms with Crippen LogP contribution in [-0.2, 0) is 14.2 Å². The fraction of sp³-hybridized carbons (Fsp3) is 0.667. The summed E-state index contributed by atoms with van der Waals surface area (Å²) in [6.45, 7) is 0.154. The quantitative estimate of drug-likeness (QED) is 0.520. The summed E-state index contributed by atoms with van der Waals surface area (Å²) < 4.78 is 17.0. The summed E-state index contributed by atoms with van der Waals surface area (Å²) in [5.41, 5.74) is 4.82. The lowest BCUT2D eigenvalue weighted by Crippen LogP contribution is -2.38. The molecule has 118 valence electrons. The van der Waals surface area contributed by atoms with E-state index < -0.39 is 30.2 Å². The van der Waals surface area contributed by atoms with Gasteiger partial charge < -0.3 is 30.2 Å². The molecule has 21 heavy (non-hydrogen) atoms. The number of nitrogens with two attached hydrogens (primary N) is 1. The van der Waals surface area contributed by atoms with E-state index in [1.165, 1.54) is 23.9 Å². The van der Waals surface area contributed by atoms with Crippen LogP contribution in [0.2, 0.25) is 0 Å². The summed E-state index contributed by atoms with van der Waals surface area (Å²) in [4.78, 5) is 15.5. The minimum atomic E-state index is -1.07. The molecule has 0 radical (unpaired) electrons. The van der Waals surface area contributed by atoms with E-state index in [-0.39, 0.29) is 19.0 Å². The molecule has 1 fully saturated rings. The van der Waals surface area contributed by atoms with Crippen molar-refractivity contribution >= 4 is 5.82 Å². The molecule has 1 aliphatic heterocycles. The van der Waals surface area contributed by atoms with E-state index in [0.717, 1.165) is 0 Å². The lowest BCUT2D eigenvalue weighted by Gasteiger charge is -2.22. The van der Waals surface area contributed by atoms with Crippen LogP contribution in [-0.4, -0.2) is 65.0 Å². The molecule has 4 N–H and O–H groups in total. The molecule has 9 heteroatoms. The average Bonchev–Trinajstić information content (AvgIpc) is 2.76. The molecule has 0 aromatic carbocycles. The van der Waals surface area contributed by atoms with Gasteiger partial charge in [-0.05, 0) is 6.07 Å². The fourth-order valence-corrected chi connectivity index (χ4v) is 2.16. The first-order valence-corrected chi connectivity index (χ1v) is 6.48. The topological polar surface area (TPSA) is 129 Å². The normalized spacial score (nSPS) is 28.9. The van der Waals surface area contributed by atoms with E-state index in [4.69, 9.17) is 19.9 Å². The first-order valence-electron chi connectivity index (χ1n) is 6.48. The van der Waals surface area contributed by atoms with Gasteiger partial charge in [0, 0.05) is 13.3 Å². The number of aliphatic hydroxyl groups excluding tert-OH is 2. The van der Waals surface area contributed by atoms with Crippen LogP contribution in [0.1, 0.15) is 6.23 Å². The average molecular weight is 301 g/mol. The molecular formula is C12H19N3O6. The molecule has 2 heterocycles. The number of methoxy groups -OCH3 is 1. The van der Waals surface area contributed by atoms with Crippen molar-refractivity contribution in [3.05, 3.63) is 22.7 Å². The van der Waals surface area contributed by atoms with Gasteiger partial charge in [0.2, 0.25) is 0 Å². The highest BCUT2D eigenvalue weighted by atomic mass is 16.6. The Morgan fingerprint density at radius 3 is 2.90 bits per heavy atom. The second-order valence-electron chi connectivity index (χ2n) is 4.61. The van der Waals surface area contributed by atoms with Gasteiger partial charge in [0.15, 0.2) is 6.23 Å². The highest BCUT2D eigenvalue weighted by Gasteiger charge is 2.45. The molecule has 0 spiro atoms. The first-order chi connectivity index (χ1) is 10.1. The van der Waals surface area contributed by atoms with E-state index in [1.807, 2.05) is 0 Å². The monoisotopic (exact) mass is 301 g/mol. The molecule has 0 amide bonds. The molecule has 1 saturated heterocycles. The van der Waals surface area contributed by atoms with Crippen molar-refractivity contribution in [1.29, 1.82) is 0 Å². The maximum atomic E-state index is 11.9. The largest absolute Gasteiger partial charge is 0.394 e. The minimum absolute atomic E-state index is 0.0883. The lowest BCUT2D eigenvalue weighted by molar-refractivity contribution is -0.0818. The molecular weight excluding hydrogens is 282 g/mol. The SMILES string of the molecule is COCCO[C@@H]1[C@@H](O)[C@H](CO)O[C@H]1n1ccc(N)nc1=O. The maximum absolute atomic E-state index is 11.9. The number of hydrogen-bond donors (Lipinski definition) is 3. The molecule has 2 rings (SSSR count).